The van der Waals surface area contributed by atoms with Gasteiger partial charge < -0.3 is 5.11 Å². The van der Waals surface area contributed by atoms with E-state index in [2.05, 4.69) is 52.3 Å². The molecule has 0 aromatic heterocycles. The average Bonchev–Trinajstić information content (AvgIpc) is 3.59. The number of benzene rings is 3. The molecule has 1 saturated carbocycles. The van der Waals surface area contributed by atoms with E-state index in [1.54, 1.807) is 28.0 Å². The van der Waals surface area contributed by atoms with Gasteiger partial charge in [-0.3, -0.25) is 38.8 Å². The minimum atomic E-state index is -0.594. The third-order valence-corrected chi connectivity index (χ3v) is 13.3. The molecular formula is C44H48N4O5. The molecule has 274 valence electrons. The fourth-order valence-electron chi connectivity index (χ4n) is 10.8. The molecular weight excluding hydrogens is 665 g/mol. The highest BCUT2D eigenvalue weighted by Crippen LogP contribution is 2.58. The van der Waals surface area contributed by atoms with Gasteiger partial charge in [0.2, 0.25) is 23.6 Å². The van der Waals surface area contributed by atoms with Crippen LogP contribution in [0.15, 0.2) is 96.6 Å². The Kier molecular flexibility index (Phi) is 9.03. The van der Waals surface area contributed by atoms with Gasteiger partial charge in [0, 0.05) is 57.3 Å². The number of carbonyl (C=O) groups is 4. The summed E-state index contributed by atoms with van der Waals surface area (Å²) in [6.45, 7) is 4.94. The number of fused-ring (bicyclic) bond motifs is 4. The first kappa shape index (κ1) is 34.2. The number of hydrogen-bond donors (Lipinski definition) is 1. The van der Waals surface area contributed by atoms with Crippen LogP contribution in [-0.4, -0.2) is 86.6 Å². The zero-order valence-corrected chi connectivity index (χ0v) is 30.1. The molecule has 6 atom stereocenters. The number of phenols is 1. The van der Waals surface area contributed by atoms with E-state index in [0.717, 1.165) is 76.1 Å². The Morgan fingerprint density at radius 2 is 1.09 bits per heavy atom. The smallest absolute Gasteiger partial charge is 0.234 e. The molecule has 0 radical (unpaired) electrons. The molecule has 4 saturated heterocycles. The Balaban J connectivity index is 0.955. The average molecular weight is 713 g/mol. The number of carbonyl (C=O) groups excluding carboxylic acids is 4. The largest absolute Gasteiger partial charge is 0.508 e. The summed E-state index contributed by atoms with van der Waals surface area (Å²) >= 11 is 0. The summed E-state index contributed by atoms with van der Waals surface area (Å²) in [6, 6.07) is 27.5. The SMILES string of the molecule is O=C1[C@H]2[C@H](CC=C3[C@H]2C[C@H]2C(=O)N(C4CCN(Cc5ccccc5)CC4)C(=O)[C@H]2[C@H]3c2cccc(O)c2)C(=O)N1C1CCN(Cc2ccccc2)CC1. The van der Waals surface area contributed by atoms with Gasteiger partial charge in [0.1, 0.15) is 5.75 Å². The highest BCUT2D eigenvalue weighted by Gasteiger charge is 2.63. The fraction of sp³-hybridized carbons (Fsp3) is 0.455. The van der Waals surface area contributed by atoms with Crippen molar-refractivity contribution in [2.24, 2.45) is 29.6 Å². The number of piperidine rings is 2. The van der Waals surface area contributed by atoms with Crippen molar-refractivity contribution in [3.63, 3.8) is 0 Å². The lowest BCUT2D eigenvalue weighted by molar-refractivity contribution is -0.146. The molecule has 53 heavy (non-hydrogen) atoms. The normalized spacial score (nSPS) is 30.0. The number of imide groups is 2. The maximum absolute atomic E-state index is 14.6. The van der Waals surface area contributed by atoms with E-state index in [4.69, 9.17) is 0 Å². The Morgan fingerprint density at radius 1 is 0.566 bits per heavy atom. The Morgan fingerprint density at radius 3 is 1.64 bits per heavy atom. The molecule has 1 N–H and O–H groups in total. The van der Waals surface area contributed by atoms with Gasteiger partial charge in [-0.15, -0.1) is 0 Å². The molecule has 6 aliphatic rings. The molecule has 9 heteroatoms. The van der Waals surface area contributed by atoms with Crippen LogP contribution in [0.3, 0.4) is 0 Å². The maximum Gasteiger partial charge on any atom is 0.234 e. The molecule has 0 spiro atoms. The van der Waals surface area contributed by atoms with Crippen LogP contribution in [0.2, 0.25) is 0 Å². The van der Waals surface area contributed by atoms with Crippen molar-refractivity contribution in [2.75, 3.05) is 26.2 Å². The third-order valence-electron chi connectivity index (χ3n) is 13.3. The first-order valence-corrected chi connectivity index (χ1v) is 19.6. The fourth-order valence-corrected chi connectivity index (χ4v) is 10.8. The van der Waals surface area contributed by atoms with Crippen LogP contribution in [0.1, 0.15) is 61.1 Å². The summed E-state index contributed by atoms with van der Waals surface area (Å²) in [4.78, 5) is 65.7. The second kappa shape index (κ2) is 14.0. The lowest BCUT2D eigenvalue weighted by Gasteiger charge is -2.44. The predicted octanol–water partition coefficient (Wildman–Crippen LogP) is 5.36. The first-order valence-electron chi connectivity index (χ1n) is 19.6. The van der Waals surface area contributed by atoms with Crippen molar-refractivity contribution in [3.8, 4) is 5.75 Å². The van der Waals surface area contributed by atoms with E-state index in [0.29, 0.717) is 12.8 Å². The van der Waals surface area contributed by atoms with Crippen molar-refractivity contribution >= 4 is 23.6 Å². The second-order valence-electron chi connectivity index (χ2n) is 16.2. The van der Waals surface area contributed by atoms with Gasteiger partial charge in [0.05, 0.1) is 23.7 Å². The third kappa shape index (κ3) is 6.11. The van der Waals surface area contributed by atoms with E-state index in [1.807, 2.05) is 30.3 Å². The zero-order valence-electron chi connectivity index (χ0n) is 30.1. The minimum absolute atomic E-state index is 0.0782. The summed E-state index contributed by atoms with van der Waals surface area (Å²) in [7, 11) is 0. The van der Waals surface area contributed by atoms with Crippen LogP contribution in [0.4, 0.5) is 0 Å². The molecule has 3 aromatic rings. The van der Waals surface area contributed by atoms with Crippen LogP contribution >= 0.6 is 0 Å². The number of rotatable bonds is 7. The van der Waals surface area contributed by atoms with Gasteiger partial charge in [-0.1, -0.05) is 84.4 Å². The first-order chi connectivity index (χ1) is 25.9. The highest BCUT2D eigenvalue weighted by molar-refractivity contribution is 6.08. The lowest BCUT2D eigenvalue weighted by atomic mass is 9.57. The molecule has 2 aliphatic carbocycles. The molecule has 0 unspecified atom stereocenters. The topological polar surface area (TPSA) is 101 Å². The maximum atomic E-state index is 14.6. The number of amides is 4. The van der Waals surface area contributed by atoms with E-state index in [-0.39, 0.29) is 47.4 Å². The van der Waals surface area contributed by atoms with Gasteiger partial charge in [0.15, 0.2) is 0 Å². The standard InChI is InChI=1S/C44H48N4O5/c49-33-13-7-12-30(24-33)38-34-14-15-35-39(43(52)47(41(35)50)31-16-20-45(21-17-31)26-28-8-3-1-4-9-28)36(34)25-37-40(38)44(53)48(42(37)51)32-18-22-46(23-19-32)27-29-10-5-2-6-11-29/h1-14,24,31-32,35-40,49H,15-23,25-27H2/t35-,36+,37+,38-,39-,40+/m0/s1. The number of phenolic OH excluding ortho intramolecular Hbond substituents is 1. The van der Waals surface area contributed by atoms with Crippen LogP contribution in [0, 0.1) is 29.6 Å². The summed E-state index contributed by atoms with van der Waals surface area (Å²) in [6.07, 6.45) is 5.89. The number of nitrogens with zero attached hydrogens (tertiary/aromatic N) is 4. The summed E-state index contributed by atoms with van der Waals surface area (Å²) in [5, 5.41) is 10.6. The van der Waals surface area contributed by atoms with E-state index >= 15 is 0 Å². The number of allylic oxidation sites excluding steroid dienone is 2. The molecule has 3 aromatic carbocycles. The van der Waals surface area contributed by atoms with Gasteiger partial charge in [-0.25, -0.2) is 0 Å². The van der Waals surface area contributed by atoms with Gasteiger partial charge in [0.25, 0.3) is 0 Å². The van der Waals surface area contributed by atoms with E-state index in [9.17, 15) is 24.3 Å². The van der Waals surface area contributed by atoms with Crippen molar-refractivity contribution in [2.45, 2.75) is 69.6 Å². The number of hydrogen-bond acceptors (Lipinski definition) is 7. The number of likely N-dealkylation sites (tertiary alicyclic amines) is 4. The molecule has 4 aliphatic heterocycles. The quantitative estimate of drug-likeness (QED) is 0.260. The Bertz CT molecular complexity index is 1920. The van der Waals surface area contributed by atoms with Crippen molar-refractivity contribution in [3.05, 3.63) is 113 Å². The zero-order chi connectivity index (χ0) is 36.2. The lowest BCUT2D eigenvalue weighted by Crippen LogP contribution is -2.48. The second-order valence-corrected chi connectivity index (χ2v) is 16.2. The number of aromatic hydroxyl groups is 1. The Labute approximate surface area is 311 Å². The molecule has 5 fully saturated rings. The molecule has 9 rings (SSSR count). The van der Waals surface area contributed by atoms with Crippen LogP contribution in [-0.2, 0) is 32.3 Å². The monoisotopic (exact) mass is 712 g/mol. The minimum Gasteiger partial charge on any atom is -0.508 e. The van der Waals surface area contributed by atoms with Crippen LogP contribution in [0.25, 0.3) is 0 Å². The van der Waals surface area contributed by atoms with Gasteiger partial charge in [-0.05, 0) is 73.3 Å². The molecule has 0 bridgehead atoms. The van der Waals surface area contributed by atoms with Crippen LogP contribution in [0.5, 0.6) is 5.75 Å². The van der Waals surface area contributed by atoms with Gasteiger partial charge in [-0.2, -0.15) is 0 Å². The highest BCUT2D eigenvalue weighted by atomic mass is 16.3. The summed E-state index contributed by atoms with van der Waals surface area (Å²) < 4.78 is 0. The van der Waals surface area contributed by atoms with Crippen molar-refractivity contribution < 1.29 is 24.3 Å². The summed E-state index contributed by atoms with van der Waals surface area (Å²) in [5.41, 5.74) is 4.28. The Hall–Kier alpha value is -4.60. The van der Waals surface area contributed by atoms with Crippen molar-refractivity contribution in [1.82, 2.24) is 19.6 Å². The van der Waals surface area contributed by atoms with Crippen molar-refractivity contribution in [1.29, 1.82) is 0 Å². The predicted molar refractivity (Wildman–Crippen MR) is 199 cm³/mol. The molecule has 9 nitrogen and oxygen atoms in total. The van der Waals surface area contributed by atoms with Gasteiger partial charge >= 0.3 is 0 Å². The molecule has 4 heterocycles. The van der Waals surface area contributed by atoms with Crippen LogP contribution < -0.4 is 0 Å². The van der Waals surface area contributed by atoms with E-state index in [1.165, 1.54) is 11.1 Å². The summed E-state index contributed by atoms with van der Waals surface area (Å²) in [5.74, 6) is -3.25. The van der Waals surface area contributed by atoms with E-state index < -0.39 is 29.6 Å². The molecule has 4 amide bonds.